The summed E-state index contributed by atoms with van der Waals surface area (Å²) in [4.78, 5) is 36.9. The molecule has 1 atom stereocenters. The molecule has 0 saturated heterocycles. The van der Waals surface area contributed by atoms with Crippen LogP contribution in [0.15, 0.2) is 53.4 Å². The smallest absolute Gasteiger partial charge is 0.307 e. The highest BCUT2D eigenvalue weighted by atomic mass is 32.2. The molecule has 1 aliphatic heterocycles. The Morgan fingerprint density at radius 2 is 1.89 bits per heavy atom. The average Bonchev–Trinajstić information content (AvgIpc) is 2.68. The van der Waals surface area contributed by atoms with Gasteiger partial charge in [-0.15, -0.1) is 11.8 Å². The fraction of sp³-hybridized carbons (Fsp3) is 0.286. The number of aryl methyl sites for hydroxylation is 1. The Hall–Kier alpha value is -2.80. The third kappa shape index (κ3) is 5.36. The first-order chi connectivity index (χ1) is 13.5. The van der Waals surface area contributed by atoms with Crippen molar-refractivity contribution < 1.29 is 19.1 Å². The monoisotopic (exact) mass is 398 g/mol. The fourth-order valence-corrected chi connectivity index (χ4v) is 3.96. The van der Waals surface area contributed by atoms with Crippen molar-refractivity contribution in [1.29, 1.82) is 0 Å². The summed E-state index contributed by atoms with van der Waals surface area (Å²) >= 11 is 1.33. The molecule has 6 nitrogen and oxygen atoms in total. The fourth-order valence-electron chi connectivity index (χ4n) is 2.86. The third-order valence-corrected chi connectivity index (χ3v) is 5.68. The van der Waals surface area contributed by atoms with Crippen LogP contribution in [0.3, 0.4) is 0 Å². The molecule has 2 aromatic rings. The number of thioether (sulfide) groups is 1. The lowest BCUT2D eigenvalue weighted by Gasteiger charge is -2.23. The van der Waals surface area contributed by atoms with Crippen LogP contribution in [0.25, 0.3) is 0 Å². The van der Waals surface area contributed by atoms with E-state index in [1.54, 1.807) is 0 Å². The molecule has 3 rings (SSSR count). The Bertz CT molecular complexity index is 884. The number of nitrogens with one attached hydrogen (secondary N) is 2. The predicted molar refractivity (Wildman–Crippen MR) is 108 cm³/mol. The Morgan fingerprint density at radius 1 is 1.14 bits per heavy atom. The first-order valence-corrected chi connectivity index (χ1v) is 9.94. The highest BCUT2D eigenvalue weighted by Crippen LogP contribution is 2.36. The Balaban J connectivity index is 1.39. The molecule has 0 bridgehead atoms. The van der Waals surface area contributed by atoms with E-state index in [-0.39, 0.29) is 24.8 Å². The van der Waals surface area contributed by atoms with Crippen LogP contribution in [-0.2, 0) is 25.5 Å². The highest BCUT2D eigenvalue weighted by molar-refractivity contribution is 8.01. The number of hydrogen-bond acceptors (Lipinski definition) is 5. The minimum Gasteiger partial charge on any atom is -0.456 e. The Labute approximate surface area is 168 Å². The van der Waals surface area contributed by atoms with Crippen molar-refractivity contribution in [3.05, 3.63) is 59.7 Å². The maximum absolute atomic E-state index is 12.1. The lowest BCUT2D eigenvalue weighted by Crippen LogP contribution is -2.33. The number of benzene rings is 2. The average molecular weight is 398 g/mol. The van der Waals surface area contributed by atoms with E-state index < -0.39 is 11.2 Å². The molecule has 1 aliphatic rings. The van der Waals surface area contributed by atoms with Gasteiger partial charge in [-0.2, -0.15) is 0 Å². The summed E-state index contributed by atoms with van der Waals surface area (Å²) in [7, 11) is 0. The van der Waals surface area contributed by atoms with Crippen LogP contribution in [-0.4, -0.2) is 36.2 Å². The number of anilines is 1. The number of ether oxygens (including phenoxy) is 1. The van der Waals surface area contributed by atoms with Gasteiger partial charge in [-0.05, 0) is 36.6 Å². The molecule has 0 spiro atoms. The van der Waals surface area contributed by atoms with E-state index in [9.17, 15) is 14.4 Å². The highest BCUT2D eigenvalue weighted by Gasteiger charge is 2.29. The second-order valence-corrected chi connectivity index (χ2v) is 7.73. The normalized spacial score (nSPS) is 15.3. The second kappa shape index (κ2) is 9.41. The molecular formula is C21H22N2O4S. The number of esters is 1. The minimum atomic E-state index is -0.568. The van der Waals surface area contributed by atoms with E-state index in [2.05, 4.69) is 10.6 Å². The van der Waals surface area contributed by atoms with Gasteiger partial charge in [-0.3, -0.25) is 14.4 Å². The lowest BCUT2D eigenvalue weighted by atomic mass is 10.1. The van der Waals surface area contributed by atoms with Crippen molar-refractivity contribution in [2.75, 3.05) is 18.5 Å². The molecule has 0 aliphatic carbocycles. The molecule has 0 saturated carbocycles. The van der Waals surface area contributed by atoms with E-state index in [0.29, 0.717) is 13.0 Å². The zero-order chi connectivity index (χ0) is 19.9. The second-order valence-electron chi connectivity index (χ2n) is 6.48. The summed E-state index contributed by atoms with van der Waals surface area (Å²) < 4.78 is 5.03. The Kier molecular flexibility index (Phi) is 6.71. The number of amides is 2. The number of rotatable bonds is 7. The first kappa shape index (κ1) is 19.9. The van der Waals surface area contributed by atoms with Crippen LogP contribution >= 0.6 is 11.8 Å². The standard InChI is InChI=1S/C21H22N2O4S/c1-14-6-2-3-7-15(14)10-11-22-19(24)13-27-20(25)12-18-21(26)23-16-8-4-5-9-17(16)28-18/h2-9,18H,10-13H2,1H3,(H,22,24)(H,23,26)/t18-/m1/s1. The van der Waals surface area contributed by atoms with E-state index in [1.807, 2.05) is 55.5 Å². The van der Waals surface area contributed by atoms with Gasteiger partial charge < -0.3 is 15.4 Å². The summed E-state index contributed by atoms with van der Waals surface area (Å²) in [6.45, 7) is 2.15. The van der Waals surface area contributed by atoms with Gasteiger partial charge in [-0.1, -0.05) is 36.4 Å². The molecule has 0 radical (unpaired) electrons. The van der Waals surface area contributed by atoms with Crippen LogP contribution in [0.5, 0.6) is 0 Å². The molecule has 0 aromatic heterocycles. The SMILES string of the molecule is Cc1ccccc1CCNC(=O)COC(=O)C[C@H]1Sc2ccccc2NC1=O. The van der Waals surface area contributed by atoms with Crippen LogP contribution in [0, 0.1) is 6.92 Å². The molecule has 0 fully saturated rings. The van der Waals surface area contributed by atoms with E-state index in [0.717, 1.165) is 10.6 Å². The van der Waals surface area contributed by atoms with E-state index in [1.165, 1.54) is 22.9 Å². The van der Waals surface area contributed by atoms with Crippen molar-refractivity contribution in [2.45, 2.75) is 29.9 Å². The first-order valence-electron chi connectivity index (χ1n) is 9.06. The van der Waals surface area contributed by atoms with Crippen molar-refractivity contribution in [3.63, 3.8) is 0 Å². The summed E-state index contributed by atoms with van der Waals surface area (Å²) in [5, 5.41) is 4.96. The molecule has 1 heterocycles. The van der Waals surface area contributed by atoms with Gasteiger partial charge in [0, 0.05) is 11.4 Å². The van der Waals surface area contributed by atoms with Gasteiger partial charge in [0.05, 0.1) is 17.4 Å². The maximum Gasteiger partial charge on any atom is 0.307 e. The van der Waals surface area contributed by atoms with Gasteiger partial charge in [0.1, 0.15) is 0 Å². The molecule has 146 valence electrons. The lowest BCUT2D eigenvalue weighted by molar-refractivity contribution is -0.149. The summed E-state index contributed by atoms with van der Waals surface area (Å²) in [6, 6.07) is 15.4. The molecule has 2 N–H and O–H groups in total. The number of hydrogen-bond donors (Lipinski definition) is 2. The van der Waals surface area contributed by atoms with Crippen molar-refractivity contribution in [1.82, 2.24) is 5.32 Å². The molecule has 7 heteroatoms. The van der Waals surface area contributed by atoms with E-state index in [4.69, 9.17) is 4.74 Å². The van der Waals surface area contributed by atoms with Crippen molar-refractivity contribution in [2.24, 2.45) is 0 Å². The van der Waals surface area contributed by atoms with Crippen molar-refractivity contribution in [3.8, 4) is 0 Å². The minimum absolute atomic E-state index is 0.0820. The molecule has 0 unspecified atom stereocenters. The number of para-hydroxylation sites is 1. The van der Waals surface area contributed by atoms with Crippen LogP contribution in [0.4, 0.5) is 5.69 Å². The molecule has 2 aromatic carbocycles. The molecule has 28 heavy (non-hydrogen) atoms. The number of carbonyl (C=O) groups is 3. The third-order valence-electron chi connectivity index (χ3n) is 4.40. The summed E-state index contributed by atoms with van der Waals surface area (Å²) in [6.07, 6.45) is 0.631. The van der Waals surface area contributed by atoms with E-state index >= 15 is 0 Å². The van der Waals surface area contributed by atoms with Gasteiger partial charge in [-0.25, -0.2) is 0 Å². The zero-order valence-corrected chi connectivity index (χ0v) is 16.4. The van der Waals surface area contributed by atoms with Gasteiger partial charge >= 0.3 is 5.97 Å². The predicted octanol–water partition coefficient (Wildman–Crippen LogP) is 2.70. The Morgan fingerprint density at radius 3 is 2.71 bits per heavy atom. The number of fused-ring (bicyclic) bond motifs is 1. The summed E-state index contributed by atoms with van der Waals surface area (Å²) in [5.74, 6) is -1.16. The van der Waals surface area contributed by atoms with Gasteiger partial charge in [0.15, 0.2) is 6.61 Å². The number of carbonyl (C=O) groups excluding carboxylic acids is 3. The summed E-state index contributed by atoms with van der Waals surface area (Å²) in [5.41, 5.74) is 3.09. The van der Waals surface area contributed by atoms with Gasteiger partial charge in [0.25, 0.3) is 5.91 Å². The topological polar surface area (TPSA) is 84.5 Å². The maximum atomic E-state index is 12.1. The van der Waals surface area contributed by atoms with Gasteiger partial charge in [0.2, 0.25) is 5.91 Å². The van der Waals surface area contributed by atoms with Crippen LogP contribution in [0.2, 0.25) is 0 Å². The van der Waals surface area contributed by atoms with Crippen LogP contribution < -0.4 is 10.6 Å². The largest absolute Gasteiger partial charge is 0.456 e. The molecule has 2 amide bonds. The van der Waals surface area contributed by atoms with Crippen LogP contribution in [0.1, 0.15) is 17.5 Å². The molecular weight excluding hydrogens is 376 g/mol. The quantitative estimate of drug-likeness (QED) is 0.701. The zero-order valence-electron chi connectivity index (χ0n) is 15.6. The van der Waals surface area contributed by atoms with Crippen molar-refractivity contribution >= 4 is 35.2 Å².